The van der Waals surface area contributed by atoms with Gasteiger partial charge in [-0.15, -0.1) is 0 Å². The molecular weight excluding hydrogens is 290 g/mol. The lowest BCUT2D eigenvalue weighted by Crippen LogP contribution is -2.38. The van der Waals surface area contributed by atoms with Crippen molar-refractivity contribution in [2.45, 2.75) is 30.4 Å². The SMILES string of the molecule is O=Cc1ccc(S(=O)(=O)NC2CCc3ccccc3C2)o1. The van der Waals surface area contributed by atoms with Gasteiger partial charge in [-0.1, -0.05) is 24.3 Å². The Labute approximate surface area is 123 Å². The van der Waals surface area contributed by atoms with Crippen LogP contribution in [0.2, 0.25) is 0 Å². The normalized spacial score (nSPS) is 18.2. The lowest BCUT2D eigenvalue weighted by Gasteiger charge is -2.24. The lowest BCUT2D eigenvalue weighted by atomic mass is 9.89. The molecule has 0 saturated carbocycles. The molecule has 0 saturated heterocycles. The maximum Gasteiger partial charge on any atom is 0.274 e. The number of nitrogens with one attached hydrogen (secondary N) is 1. The third kappa shape index (κ3) is 2.91. The van der Waals surface area contributed by atoms with Gasteiger partial charge in [0.25, 0.3) is 10.0 Å². The van der Waals surface area contributed by atoms with Crippen LogP contribution in [-0.2, 0) is 22.9 Å². The number of benzene rings is 1. The predicted octanol–water partition coefficient (Wildman–Crippen LogP) is 1.93. The molecule has 0 aliphatic heterocycles. The number of hydrogen-bond donors (Lipinski definition) is 1. The van der Waals surface area contributed by atoms with Gasteiger partial charge in [0.2, 0.25) is 5.09 Å². The minimum atomic E-state index is -3.73. The summed E-state index contributed by atoms with van der Waals surface area (Å²) in [4.78, 5) is 10.6. The van der Waals surface area contributed by atoms with Crippen LogP contribution in [0.4, 0.5) is 0 Å². The molecule has 1 aromatic carbocycles. The number of aldehydes is 1. The summed E-state index contributed by atoms with van der Waals surface area (Å²) in [5.74, 6) is 0.00404. The van der Waals surface area contributed by atoms with Gasteiger partial charge in [-0.2, -0.15) is 0 Å². The first-order valence-corrected chi connectivity index (χ1v) is 8.21. The summed E-state index contributed by atoms with van der Waals surface area (Å²) in [6.45, 7) is 0. The number of fused-ring (bicyclic) bond motifs is 1. The molecule has 1 N–H and O–H groups in total. The van der Waals surface area contributed by atoms with Crippen LogP contribution in [0.25, 0.3) is 0 Å². The third-order valence-electron chi connectivity index (χ3n) is 3.65. The van der Waals surface area contributed by atoms with E-state index in [1.807, 2.05) is 18.2 Å². The number of aryl methyl sites for hydroxylation is 1. The number of carbonyl (C=O) groups is 1. The van der Waals surface area contributed by atoms with Crippen LogP contribution in [0.5, 0.6) is 0 Å². The summed E-state index contributed by atoms with van der Waals surface area (Å²) in [7, 11) is -3.73. The van der Waals surface area contributed by atoms with Gasteiger partial charge in [0, 0.05) is 6.04 Å². The Kier molecular flexibility index (Phi) is 3.65. The van der Waals surface area contributed by atoms with Crippen LogP contribution >= 0.6 is 0 Å². The largest absolute Gasteiger partial charge is 0.440 e. The number of rotatable bonds is 4. The predicted molar refractivity (Wildman–Crippen MR) is 76.7 cm³/mol. The van der Waals surface area contributed by atoms with Gasteiger partial charge in [-0.05, 0) is 42.5 Å². The van der Waals surface area contributed by atoms with E-state index >= 15 is 0 Å². The molecule has 0 bridgehead atoms. The molecule has 21 heavy (non-hydrogen) atoms. The highest BCUT2D eigenvalue weighted by Gasteiger charge is 2.26. The molecule has 1 aliphatic rings. The fourth-order valence-corrected chi connectivity index (χ4v) is 3.83. The van der Waals surface area contributed by atoms with Crippen molar-refractivity contribution in [3.63, 3.8) is 0 Å². The summed E-state index contributed by atoms with van der Waals surface area (Å²) < 4.78 is 32.1. The van der Waals surface area contributed by atoms with E-state index in [9.17, 15) is 13.2 Å². The van der Waals surface area contributed by atoms with Crippen LogP contribution in [-0.4, -0.2) is 20.7 Å². The van der Waals surface area contributed by atoms with Crippen molar-refractivity contribution in [2.24, 2.45) is 0 Å². The highest BCUT2D eigenvalue weighted by molar-refractivity contribution is 7.89. The topological polar surface area (TPSA) is 76.4 Å². The maximum absolute atomic E-state index is 12.2. The van der Waals surface area contributed by atoms with Gasteiger partial charge < -0.3 is 4.42 Å². The Balaban J connectivity index is 1.76. The molecule has 6 heteroatoms. The fraction of sp³-hybridized carbons (Fsp3) is 0.267. The average molecular weight is 305 g/mol. The van der Waals surface area contributed by atoms with E-state index < -0.39 is 10.0 Å². The van der Waals surface area contributed by atoms with E-state index in [-0.39, 0.29) is 16.9 Å². The third-order valence-corrected chi connectivity index (χ3v) is 5.04. The molecule has 5 nitrogen and oxygen atoms in total. The highest BCUT2D eigenvalue weighted by Crippen LogP contribution is 2.22. The summed E-state index contributed by atoms with van der Waals surface area (Å²) in [6, 6.07) is 10.5. The van der Waals surface area contributed by atoms with E-state index in [1.165, 1.54) is 23.3 Å². The smallest absolute Gasteiger partial charge is 0.274 e. The molecule has 0 spiro atoms. The first-order chi connectivity index (χ1) is 10.1. The molecule has 1 atom stereocenters. The second kappa shape index (κ2) is 5.46. The maximum atomic E-state index is 12.2. The van der Waals surface area contributed by atoms with Crippen molar-refractivity contribution in [1.82, 2.24) is 4.72 Å². The summed E-state index contributed by atoms with van der Waals surface area (Å²) in [5, 5.41) is -0.219. The van der Waals surface area contributed by atoms with Crippen molar-refractivity contribution < 1.29 is 17.6 Å². The second-order valence-electron chi connectivity index (χ2n) is 5.10. The molecule has 1 unspecified atom stereocenters. The van der Waals surface area contributed by atoms with Crippen LogP contribution in [0.15, 0.2) is 45.9 Å². The summed E-state index contributed by atoms with van der Waals surface area (Å²) in [5.41, 5.74) is 2.44. The molecule has 0 fully saturated rings. The van der Waals surface area contributed by atoms with Crippen LogP contribution in [0.1, 0.15) is 28.1 Å². The van der Waals surface area contributed by atoms with Crippen molar-refractivity contribution in [3.8, 4) is 0 Å². The van der Waals surface area contributed by atoms with E-state index in [0.29, 0.717) is 12.7 Å². The van der Waals surface area contributed by atoms with Crippen LogP contribution in [0, 0.1) is 0 Å². The van der Waals surface area contributed by atoms with Gasteiger partial charge in [-0.3, -0.25) is 4.79 Å². The Morgan fingerprint density at radius 3 is 2.62 bits per heavy atom. The number of furan rings is 1. The van der Waals surface area contributed by atoms with E-state index in [0.717, 1.165) is 12.8 Å². The zero-order chi connectivity index (χ0) is 14.9. The first kappa shape index (κ1) is 14.0. The van der Waals surface area contributed by atoms with Gasteiger partial charge >= 0.3 is 0 Å². The van der Waals surface area contributed by atoms with Gasteiger partial charge in [0.15, 0.2) is 12.0 Å². The first-order valence-electron chi connectivity index (χ1n) is 6.72. The average Bonchev–Trinajstić information content (AvgIpc) is 2.96. The molecule has 3 rings (SSSR count). The van der Waals surface area contributed by atoms with Crippen molar-refractivity contribution >= 4 is 16.3 Å². The second-order valence-corrected chi connectivity index (χ2v) is 6.75. The quantitative estimate of drug-likeness (QED) is 0.876. The molecule has 110 valence electrons. The highest BCUT2D eigenvalue weighted by atomic mass is 32.2. The molecule has 1 aromatic heterocycles. The summed E-state index contributed by atoms with van der Waals surface area (Å²) >= 11 is 0. The fourth-order valence-electron chi connectivity index (χ4n) is 2.62. The minimum absolute atomic E-state index is 0.00404. The van der Waals surface area contributed by atoms with Crippen molar-refractivity contribution in [3.05, 3.63) is 53.3 Å². The minimum Gasteiger partial charge on any atom is -0.440 e. The lowest BCUT2D eigenvalue weighted by molar-refractivity contribution is 0.109. The molecule has 2 aromatic rings. The molecular formula is C15H15NO4S. The standard InChI is InChI=1S/C15H15NO4S/c17-10-14-7-8-15(20-14)21(18,19)16-13-6-5-11-3-1-2-4-12(11)9-13/h1-4,7-8,10,13,16H,5-6,9H2. The summed E-state index contributed by atoms with van der Waals surface area (Å²) in [6.07, 6.45) is 2.74. The van der Waals surface area contributed by atoms with E-state index in [4.69, 9.17) is 4.42 Å². The molecule has 1 heterocycles. The zero-order valence-corrected chi connectivity index (χ0v) is 12.1. The van der Waals surface area contributed by atoms with Crippen LogP contribution < -0.4 is 4.72 Å². The Hall–Kier alpha value is -1.92. The van der Waals surface area contributed by atoms with Crippen molar-refractivity contribution in [2.75, 3.05) is 0 Å². The van der Waals surface area contributed by atoms with Gasteiger partial charge in [-0.25, -0.2) is 13.1 Å². The monoisotopic (exact) mass is 305 g/mol. The Bertz CT molecular complexity index is 763. The van der Waals surface area contributed by atoms with E-state index in [2.05, 4.69) is 10.8 Å². The number of sulfonamides is 1. The number of carbonyl (C=O) groups excluding carboxylic acids is 1. The van der Waals surface area contributed by atoms with Gasteiger partial charge in [0.1, 0.15) is 0 Å². The van der Waals surface area contributed by atoms with Crippen LogP contribution in [0.3, 0.4) is 0 Å². The molecule has 1 aliphatic carbocycles. The van der Waals surface area contributed by atoms with E-state index in [1.54, 1.807) is 0 Å². The van der Waals surface area contributed by atoms with Gasteiger partial charge in [0.05, 0.1) is 0 Å². The zero-order valence-electron chi connectivity index (χ0n) is 11.3. The Morgan fingerprint density at radius 2 is 1.90 bits per heavy atom. The Morgan fingerprint density at radius 1 is 1.14 bits per heavy atom. The van der Waals surface area contributed by atoms with Crippen molar-refractivity contribution in [1.29, 1.82) is 0 Å². The number of hydrogen-bond acceptors (Lipinski definition) is 4. The molecule has 0 radical (unpaired) electrons. The molecule has 0 amide bonds.